The molecule has 0 amide bonds. The van der Waals surface area contributed by atoms with Crippen LogP contribution in [0.15, 0.2) is 72.3 Å². The van der Waals surface area contributed by atoms with Crippen molar-refractivity contribution in [2.24, 2.45) is 0 Å². The maximum atomic E-state index is 6.77. The first-order valence-corrected chi connectivity index (χ1v) is 10.8. The Kier molecular flexibility index (Phi) is 6.42. The number of benzene rings is 2. The van der Waals surface area contributed by atoms with E-state index in [0.717, 1.165) is 12.0 Å². The summed E-state index contributed by atoms with van der Waals surface area (Å²) in [7, 11) is -2.45. The molecule has 0 atom stereocenters. The molecule has 2 aromatic rings. The van der Waals surface area contributed by atoms with Gasteiger partial charge >= 0.3 is 0 Å². The molecule has 0 fully saturated rings. The average Bonchev–Trinajstić information content (AvgIpc) is 2.62. The van der Waals surface area contributed by atoms with Gasteiger partial charge in [-0.05, 0) is 33.5 Å². The van der Waals surface area contributed by atoms with Crippen LogP contribution >= 0.6 is 0 Å². The van der Waals surface area contributed by atoms with Gasteiger partial charge in [0.25, 0.3) is 8.32 Å². The summed E-state index contributed by atoms with van der Waals surface area (Å²) in [5.74, 6) is 2.75. The molecule has 0 aromatic heterocycles. The predicted molar refractivity (Wildman–Crippen MR) is 111 cm³/mol. The van der Waals surface area contributed by atoms with Crippen molar-refractivity contribution in [2.75, 3.05) is 6.61 Å². The molecule has 130 valence electrons. The topological polar surface area (TPSA) is 9.23 Å². The van der Waals surface area contributed by atoms with E-state index in [4.69, 9.17) is 10.8 Å². The Balaban J connectivity index is 2.57. The van der Waals surface area contributed by atoms with E-state index in [0.29, 0.717) is 6.61 Å². The largest absolute Gasteiger partial charge is 0.404 e. The van der Waals surface area contributed by atoms with Crippen LogP contribution in [0.25, 0.3) is 0 Å². The maximum absolute atomic E-state index is 6.77. The summed E-state index contributed by atoms with van der Waals surface area (Å²) in [6.45, 7) is 9.47. The monoisotopic (exact) mass is 348 g/mol. The number of rotatable bonds is 6. The second-order valence-corrected chi connectivity index (χ2v) is 11.5. The third-order valence-corrected chi connectivity index (χ3v) is 9.62. The summed E-state index contributed by atoms with van der Waals surface area (Å²) in [5.41, 5.74) is 0.998. The fourth-order valence-electron chi connectivity index (χ4n) is 3.33. The highest BCUT2D eigenvalue weighted by Crippen LogP contribution is 2.36. The molecule has 25 heavy (non-hydrogen) atoms. The van der Waals surface area contributed by atoms with Gasteiger partial charge in [0, 0.05) is 0 Å². The van der Waals surface area contributed by atoms with Gasteiger partial charge in [-0.25, -0.2) is 0 Å². The smallest absolute Gasteiger partial charge is 0.261 e. The predicted octanol–water partition coefficient (Wildman–Crippen LogP) is 4.53. The lowest BCUT2D eigenvalue weighted by Gasteiger charge is -2.42. The van der Waals surface area contributed by atoms with E-state index in [1.807, 2.05) is 0 Å². The van der Waals surface area contributed by atoms with Crippen molar-refractivity contribution in [2.45, 2.75) is 39.2 Å². The molecule has 0 radical (unpaired) electrons. The molecule has 0 aliphatic carbocycles. The van der Waals surface area contributed by atoms with E-state index in [9.17, 15) is 0 Å². The highest BCUT2D eigenvalue weighted by atomic mass is 28.4. The molecular weight excluding hydrogens is 320 g/mol. The van der Waals surface area contributed by atoms with Gasteiger partial charge in [-0.2, -0.15) is 0 Å². The van der Waals surface area contributed by atoms with E-state index in [1.54, 1.807) is 0 Å². The first-order valence-electron chi connectivity index (χ1n) is 8.86. The number of hydrogen-bond acceptors (Lipinski definition) is 1. The Hall–Kier alpha value is -2.08. The number of terminal acetylenes is 1. The minimum absolute atomic E-state index is 0.00787. The second kappa shape index (κ2) is 8.34. The van der Waals surface area contributed by atoms with Crippen molar-refractivity contribution in [3.63, 3.8) is 0 Å². The molecule has 0 aliphatic heterocycles. The molecule has 0 bridgehead atoms. The molecule has 2 heteroatoms. The quantitative estimate of drug-likeness (QED) is 0.550. The van der Waals surface area contributed by atoms with Gasteiger partial charge in [0.15, 0.2) is 0 Å². The van der Waals surface area contributed by atoms with Crippen molar-refractivity contribution in [1.82, 2.24) is 0 Å². The first-order chi connectivity index (χ1) is 12.0. The Morgan fingerprint density at radius 1 is 1.00 bits per heavy atom. The summed E-state index contributed by atoms with van der Waals surface area (Å²) in [6, 6.07) is 21.3. The minimum Gasteiger partial charge on any atom is -0.404 e. The van der Waals surface area contributed by atoms with Gasteiger partial charge in [-0.1, -0.05) is 94.3 Å². The Labute approximate surface area is 153 Å². The number of hydrogen-bond donors (Lipinski definition) is 0. The van der Waals surface area contributed by atoms with Crippen molar-refractivity contribution in [3.8, 4) is 12.3 Å². The lowest BCUT2D eigenvalue weighted by Crippen LogP contribution is -2.66. The lowest BCUT2D eigenvalue weighted by molar-refractivity contribution is 0.338. The van der Waals surface area contributed by atoms with Crippen LogP contribution in [-0.2, 0) is 4.43 Å². The SMILES string of the molecule is C#C/C(=C\CO[Si](c1ccccc1)(c1ccccc1)C(C)(C)C)CC. The van der Waals surface area contributed by atoms with Crippen LogP contribution in [0.4, 0.5) is 0 Å². The van der Waals surface area contributed by atoms with E-state index in [2.05, 4.69) is 100 Å². The number of allylic oxidation sites excluding steroid dienone is 1. The van der Waals surface area contributed by atoms with Crippen LogP contribution in [0.5, 0.6) is 0 Å². The van der Waals surface area contributed by atoms with Crippen LogP contribution in [0.2, 0.25) is 5.04 Å². The third kappa shape index (κ3) is 4.12. The molecule has 2 rings (SSSR count). The van der Waals surface area contributed by atoms with Gasteiger partial charge in [0.2, 0.25) is 0 Å². The Bertz CT molecular complexity index is 694. The zero-order valence-corrected chi connectivity index (χ0v) is 16.8. The highest BCUT2D eigenvalue weighted by Gasteiger charge is 2.49. The minimum atomic E-state index is -2.45. The zero-order valence-electron chi connectivity index (χ0n) is 15.8. The van der Waals surface area contributed by atoms with Gasteiger partial charge in [-0.15, -0.1) is 6.42 Å². The van der Waals surface area contributed by atoms with E-state index in [-0.39, 0.29) is 5.04 Å². The third-order valence-electron chi connectivity index (χ3n) is 4.61. The van der Waals surface area contributed by atoms with Gasteiger partial charge in [-0.3, -0.25) is 0 Å². The van der Waals surface area contributed by atoms with Gasteiger partial charge in [0.1, 0.15) is 0 Å². The molecular formula is C23H28OSi. The van der Waals surface area contributed by atoms with Crippen LogP contribution in [0, 0.1) is 12.3 Å². The fraction of sp³-hybridized carbons (Fsp3) is 0.304. The summed E-state index contributed by atoms with van der Waals surface area (Å²) in [4.78, 5) is 0. The van der Waals surface area contributed by atoms with Crippen molar-refractivity contribution in [3.05, 3.63) is 72.3 Å². The Morgan fingerprint density at radius 3 is 1.84 bits per heavy atom. The molecule has 1 nitrogen and oxygen atoms in total. The second-order valence-electron chi connectivity index (χ2n) is 7.20. The molecule has 0 spiro atoms. The lowest BCUT2D eigenvalue weighted by atomic mass is 10.2. The molecule has 0 unspecified atom stereocenters. The molecule has 0 N–H and O–H groups in total. The van der Waals surface area contributed by atoms with Crippen LogP contribution in [0.1, 0.15) is 34.1 Å². The molecule has 0 aliphatic rings. The average molecular weight is 349 g/mol. The van der Waals surface area contributed by atoms with Crippen molar-refractivity contribution < 1.29 is 4.43 Å². The summed E-state index contributed by atoms with van der Waals surface area (Å²) in [5, 5.41) is 2.58. The Morgan fingerprint density at radius 2 is 1.48 bits per heavy atom. The molecule has 2 aromatic carbocycles. The molecule has 0 saturated heterocycles. The summed E-state index contributed by atoms with van der Waals surface area (Å²) >= 11 is 0. The van der Waals surface area contributed by atoms with Crippen molar-refractivity contribution in [1.29, 1.82) is 0 Å². The van der Waals surface area contributed by atoms with Gasteiger partial charge in [0.05, 0.1) is 6.61 Å². The summed E-state index contributed by atoms with van der Waals surface area (Å²) in [6.07, 6.45) is 8.50. The highest BCUT2D eigenvalue weighted by molar-refractivity contribution is 6.99. The van der Waals surface area contributed by atoms with E-state index in [1.165, 1.54) is 10.4 Å². The van der Waals surface area contributed by atoms with Gasteiger partial charge < -0.3 is 4.43 Å². The molecule has 0 heterocycles. The normalized spacial score (nSPS) is 12.7. The zero-order chi connectivity index (χ0) is 18.3. The molecule has 0 saturated carbocycles. The van der Waals surface area contributed by atoms with E-state index < -0.39 is 8.32 Å². The van der Waals surface area contributed by atoms with Crippen LogP contribution in [-0.4, -0.2) is 14.9 Å². The maximum Gasteiger partial charge on any atom is 0.261 e. The van der Waals surface area contributed by atoms with Crippen LogP contribution in [0.3, 0.4) is 0 Å². The first kappa shape index (κ1) is 19.2. The van der Waals surface area contributed by atoms with Crippen molar-refractivity contribution >= 4 is 18.7 Å². The summed E-state index contributed by atoms with van der Waals surface area (Å²) < 4.78 is 6.77. The standard InChI is InChI=1S/C23H28OSi/c1-6-20(7-2)18-19-24-25(23(3,4)5,21-14-10-8-11-15-21)22-16-12-9-13-17-22/h1,8-18H,7,19H2,2-5H3/b20-18+. The van der Waals surface area contributed by atoms with Crippen LogP contribution < -0.4 is 10.4 Å². The fourth-order valence-corrected chi connectivity index (χ4v) is 7.82. The van der Waals surface area contributed by atoms with E-state index >= 15 is 0 Å².